The van der Waals surface area contributed by atoms with Crippen LogP contribution in [0.25, 0.3) is 11.0 Å². The summed E-state index contributed by atoms with van der Waals surface area (Å²) in [6.07, 6.45) is -3.42. The number of nitrogens with one attached hydrogen (secondary N) is 2. The van der Waals surface area contributed by atoms with Gasteiger partial charge in [-0.05, 0) is 49.7 Å². The van der Waals surface area contributed by atoms with Crippen molar-refractivity contribution < 1.29 is 27.1 Å². The molecular formula is C23H23F3N2O3. The molecule has 0 saturated carbocycles. The van der Waals surface area contributed by atoms with Crippen molar-refractivity contribution in [2.75, 3.05) is 19.7 Å². The zero-order valence-electron chi connectivity index (χ0n) is 17.0. The number of alkyl halides is 3. The Balaban J connectivity index is 1.49. The van der Waals surface area contributed by atoms with Gasteiger partial charge in [0.05, 0.1) is 17.7 Å². The van der Waals surface area contributed by atoms with E-state index in [1.54, 1.807) is 31.2 Å². The van der Waals surface area contributed by atoms with Crippen LogP contribution in [0.4, 0.5) is 13.2 Å². The number of halogens is 3. The number of aryl methyl sites for hydroxylation is 1. The molecule has 8 heteroatoms. The average molecular weight is 432 g/mol. The first-order chi connectivity index (χ1) is 14.8. The van der Waals surface area contributed by atoms with E-state index in [4.69, 9.17) is 9.15 Å². The first-order valence-corrected chi connectivity index (χ1v) is 10.2. The number of fused-ring (bicyclic) bond motifs is 1. The molecule has 0 bridgehead atoms. The maximum atomic E-state index is 13.1. The summed E-state index contributed by atoms with van der Waals surface area (Å²) in [5, 5.41) is 6.83. The van der Waals surface area contributed by atoms with Crippen molar-refractivity contribution in [3.63, 3.8) is 0 Å². The lowest BCUT2D eigenvalue weighted by Crippen LogP contribution is -2.36. The SMILES string of the molecule is Cc1oc2ccc(OCCc3ccccc3C(F)(F)F)cc2c1C(=O)N[C@@H]1CCNC1. The molecule has 1 amide bonds. The molecule has 2 N–H and O–H groups in total. The fourth-order valence-corrected chi connectivity index (χ4v) is 3.90. The summed E-state index contributed by atoms with van der Waals surface area (Å²) in [4.78, 5) is 12.8. The minimum atomic E-state index is -4.40. The maximum absolute atomic E-state index is 13.1. The summed E-state index contributed by atoms with van der Waals surface area (Å²) >= 11 is 0. The van der Waals surface area contributed by atoms with Crippen LogP contribution in [-0.2, 0) is 12.6 Å². The Bertz CT molecular complexity index is 1090. The molecule has 1 aliphatic rings. The number of carbonyl (C=O) groups excluding carboxylic acids is 1. The normalized spacial score (nSPS) is 16.6. The van der Waals surface area contributed by atoms with Gasteiger partial charge in [-0.3, -0.25) is 4.79 Å². The first kappa shape index (κ1) is 21.2. The molecule has 1 aliphatic heterocycles. The molecule has 0 radical (unpaired) electrons. The molecule has 164 valence electrons. The predicted molar refractivity (Wildman–Crippen MR) is 110 cm³/mol. The van der Waals surface area contributed by atoms with Gasteiger partial charge in [0.2, 0.25) is 0 Å². The number of rotatable bonds is 6. The van der Waals surface area contributed by atoms with Gasteiger partial charge in [-0.15, -0.1) is 0 Å². The van der Waals surface area contributed by atoms with E-state index >= 15 is 0 Å². The summed E-state index contributed by atoms with van der Waals surface area (Å²) in [5.41, 5.74) is 0.539. The molecule has 2 aromatic carbocycles. The van der Waals surface area contributed by atoms with Crippen molar-refractivity contribution in [1.82, 2.24) is 10.6 Å². The Hall–Kier alpha value is -3.00. The Morgan fingerprint density at radius 1 is 1.26 bits per heavy atom. The molecule has 1 fully saturated rings. The second kappa shape index (κ2) is 8.63. The third-order valence-electron chi connectivity index (χ3n) is 5.42. The van der Waals surface area contributed by atoms with Crippen molar-refractivity contribution in [2.24, 2.45) is 0 Å². The highest BCUT2D eigenvalue weighted by atomic mass is 19.4. The van der Waals surface area contributed by atoms with Gasteiger partial charge in [-0.2, -0.15) is 13.2 Å². The smallest absolute Gasteiger partial charge is 0.416 e. The second-order valence-electron chi connectivity index (χ2n) is 7.61. The lowest BCUT2D eigenvalue weighted by molar-refractivity contribution is -0.138. The lowest BCUT2D eigenvalue weighted by atomic mass is 10.0. The Morgan fingerprint density at radius 2 is 2.06 bits per heavy atom. The fourth-order valence-electron chi connectivity index (χ4n) is 3.90. The molecule has 31 heavy (non-hydrogen) atoms. The van der Waals surface area contributed by atoms with Gasteiger partial charge in [0.1, 0.15) is 17.1 Å². The number of ether oxygens (including phenoxy) is 1. The molecule has 0 spiro atoms. The van der Waals surface area contributed by atoms with Crippen LogP contribution in [0.5, 0.6) is 5.75 Å². The van der Waals surface area contributed by atoms with Gasteiger partial charge in [-0.25, -0.2) is 0 Å². The number of amides is 1. The fraction of sp³-hybridized carbons (Fsp3) is 0.348. The van der Waals surface area contributed by atoms with Crippen LogP contribution in [0.1, 0.15) is 33.7 Å². The number of carbonyl (C=O) groups is 1. The third-order valence-corrected chi connectivity index (χ3v) is 5.42. The Kier molecular flexibility index (Phi) is 5.91. The van der Waals surface area contributed by atoms with Crippen LogP contribution in [-0.4, -0.2) is 31.6 Å². The van der Waals surface area contributed by atoms with Crippen LogP contribution < -0.4 is 15.4 Å². The van der Waals surface area contributed by atoms with Crippen molar-refractivity contribution >= 4 is 16.9 Å². The highest BCUT2D eigenvalue weighted by Crippen LogP contribution is 2.32. The quantitative estimate of drug-likeness (QED) is 0.603. The molecular weight excluding hydrogens is 409 g/mol. The van der Waals surface area contributed by atoms with E-state index in [9.17, 15) is 18.0 Å². The van der Waals surface area contributed by atoms with E-state index in [-0.39, 0.29) is 30.5 Å². The summed E-state index contributed by atoms with van der Waals surface area (Å²) < 4.78 is 50.9. The molecule has 5 nitrogen and oxygen atoms in total. The average Bonchev–Trinajstić information content (AvgIpc) is 3.34. The van der Waals surface area contributed by atoms with Gasteiger partial charge in [0, 0.05) is 24.4 Å². The van der Waals surface area contributed by atoms with Crippen molar-refractivity contribution in [3.05, 3.63) is 64.9 Å². The van der Waals surface area contributed by atoms with Gasteiger partial charge in [0.25, 0.3) is 5.91 Å². The van der Waals surface area contributed by atoms with Gasteiger partial charge < -0.3 is 19.8 Å². The van der Waals surface area contributed by atoms with Crippen LogP contribution in [0.3, 0.4) is 0 Å². The Morgan fingerprint density at radius 3 is 2.81 bits per heavy atom. The van der Waals surface area contributed by atoms with E-state index in [1.165, 1.54) is 12.1 Å². The van der Waals surface area contributed by atoms with E-state index < -0.39 is 11.7 Å². The zero-order valence-corrected chi connectivity index (χ0v) is 17.0. The molecule has 1 saturated heterocycles. The van der Waals surface area contributed by atoms with Crippen molar-refractivity contribution in [1.29, 1.82) is 0 Å². The summed E-state index contributed by atoms with van der Waals surface area (Å²) in [7, 11) is 0. The van der Waals surface area contributed by atoms with Gasteiger partial charge in [0.15, 0.2) is 0 Å². The zero-order chi connectivity index (χ0) is 22.0. The van der Waals surface area contributed by atoms with Crippen LogP contribution in [0.15, 0.2) is 46.9 Å². The Labute approximate surface area is 177 Å². The van der Waals surface area contributed by atoms with E-state index in [1.807, 2.05) is 0 Å². The summed E-state index contributed by atoms with van der Waals surface area (Å²) in [6, 6.07) is 10.6. The molecule has 1 atom stereocenters. The van der Waals surface area contributed by atoms with E-state index in [0.717, 1.165) is 25.6 Å². The second-order valence-corrected chi connectivity index (χ2v) is 7.61. The molecule has 0 unspecified atom stereocenters. The molecule has 1 aromatic heterocycles. The highest BCUT2D eigenvalue weighted by Gasteiger charge is 2.32. The summed E-state index contributed by atoms with van der Waals surface area (Å²) in [6.45, 7) is 3.40. The lowest BCUT2D eigenvalue weighted by Gasteiger charge is -2.13. The first-order valence-electron chi connectivity index (χ1n) is 10.2. The largest absolute Gasteiger partial charge is 0.493 e. The minimum Gasteiger partial charge on any atom is -0.493 e. The van der Waals surface area contributed by atoms with Crippen molar-refractivity contribution in [2.45, 2.75) is 32.0 Å². The van der Waals surface area contributed by atoms with Gasteiger partial charge in [-0.1, -0.05) is 18.2 Å². The summed E-state index contributed by atoms with van der Waals surface area (Å²) in [5.74, 6) is 0.769. The van der Waals surface area contributed by atoms with Crippen LogP contribution >= 0.6 is 0 Å². The molecule has 3 aromatic rings. The molecule has 4 rings (SSSR count). The number of furan rings is 1. The number of benzene rings is 2. The monoisotopic (exact) mass is 432 g/mol. The topological polar surface area (TPSA) is 63.5 Å². The van der Waals surface area contributed by atoms with Gasteiger partial charge >= 0.3 is 6.18 Å². The molecule has 2 heterocycles. The van der Waals surface area contributed by atoms with Crippen LogP contribution in [0.2, 0.25) is 0 Å². The van der Waals surface area contributed by atoms with Crippen molar-refractivity contribution in [3.8, 4) is 5.75 Å². The highest BCUT2D eigenvalue weighted by molar-refractivity contribution is 6.07. The number of hydrogen-bond acceptors (Lipinski definition) is 4. The predicted octanol–water partition coefficient (Wildman–Crippen LogP) is 4.47. The maximum Gasteiger partial charge on any atom is 0.416 e. The third kappa shape index (κ3) is 4.69. The minimum absolute atomic E-state index is 0.0741. The molecule has 0 aliphatic carbocycles. The standard InChI is InChI=1S/C23H23F3N2O3/c1-14-21(22(29)28-16-8-10-27-13-16)18-12-17(6-7-20(18)31-14)30-11-9-15-4-2-3-5-19(15)23(24,25)26/h2-7,12,16,27H,8-11,13H2,1H3,(H,28,29)/t16-/m1/s1. The van der Waals surface area contributed by atoms with Crippen LogP contribution in [0, 0.1) is 6.92 Å². The van der Waals surface area contributed by atoms with E-state index in [0.29, 0.717) is 28.0 Å². The van der Waals surface area contributed by atoms with E-state index in [2.05, 4.69) is 10.6 Å². The number of hydrogen-bond donors (Lipinski definition) is 2.